The molecule has 0 amide bonds. The average Bonchev–Trinajstić information content (AvgIpc) is 2.57. The van der Waals surface area contributed by atoms with Crippen molar-refractivity contribution in [2.24, 2.45) is 0 Å². The SMILES string of the molecule is O=[N+]([O-])c1ccc(N2CCC=COC2)cc1. The number of nitro groups is 1. The van der Waals surface area contributed by atoms with Crippen LogP contribution in [-0.4, -0.2) is 18.2 Å². The maximum absolute atomic E-state index is 10.5. The summed E-state index contributed by atoms with van der Waals surface area (Å²) in [6.45, 7) is 1.34. The predicted octanol–water partition coefficient (Wildman–Crippen LogP) is 2.29. The first-order valence-corrected chi connectivity index (χ1v) is 5.03. The summed E-state index contributed by atoms with van der Waals surface area (Å²) in [7, 11) is 0. The average molecular weight is 220 g/mol. The Bertz CT molecular complexity index is 390. The van der Waals surface area contributed by atoms with Gasteiger partial charge in [0, 0.05) is 24.4 Å². The Hall–Kier alpha value is -2.04. The minimum atomic E-state index is -0.399. The summed E-state index contributed by atoms with van der Waals surface area (Å²) in [5.74, 6) is 0. The third-order valence-electron chi connectivity index (χ3n) is 2.41. The first-order chi connectivity index (χ1) is 7.77. The quantitative estimate of drug-likeness (QED) is 0.566. The number of hydrogen-bond donors (Lipinski definition) is 0. The first kappa shape index (κ1) is 10.5. The lowest BCUT2D eigenvalue weighted by atomic mass is 10.2. The fourth-order valence-electron chi connectivity index (χ4n) is 1.55. The van der Waals surface area contributed by atoms with Crippen LogP contribution in [0.15, 0.2) is 36.6 Å². The maximum Gasteiger partial charge on any atom is 0.269 e. The molecule has 5 heteroatoms. The summed E-state index contributed by atoms with van der Waals surface area (Å²) in [5.41, 5.74) is 1.05. The van der Waals surface area contributed by atoms with Gasteiger partial charge in [-0.3, -0.25) is 10.1 Å². The molecule has 1 aliphatic rings. The van der Waals surface area contributed by atoms with Crippen LogP contribution >= 0.6 is 0 Å². The molecule has 84 valence electrons. The minimum Gasteiger partial charge on any atom is -0.481 e. The molecule has 0 unspecified atom stereocenters. The molecule has 0 saturated carbocycles. The van der Waals surface area contributed by atoms with Crippen molar-refractivity contribution in [2.45, 2.75) is 6.42 Å². The Balaban J connectivity index is 2.11. The van der Waals surface area contributed by atoms with Crippen LogP contribution in [0.1, 0.15) is 6.42 Å². The van der Waals surface area contributed by atoms with E-state index in [4.69, 9.17) is 4.74 Å². The highest BCUT2D eigenvalue weighted by Gasteiger charge is 2.10. The van der Waals surface area contributed by atoms with Crippen molar-refractivity contribution in [3.63, 3.8) is 0 Å². The van der Waals surface area contributed by atoms with E-state index in [1.54, 1.807) is 18.4 Å². The molecule has 0 N–H and O–H groups in total. The van der Waals surface area contributed by atoms with E-state index < -0.39 is 4.92 Å². The van der Waals surface area contributed by atoms with E-state index in [1.165, 1.54) is 12.1 Å². The van der Waals surface area contributed by atoms with Crippen molar-refractivity contribution in [3.05, 3.63) is 46.7 Å². The van der Waals surface area contributed by atoms with Crippen molar-refractivity contribution < 1.29 is 9.66 Å². The molecular weight excluding hydrogens is 208 g/mol. The molecule has 16 heavy (non-hydrogen) atoms. The van der Waals surface area contributed by atoms with E-state index in [2.05, 4.69) is 0 Å². The van der Waals surface area contributed by atoms with Gasteiger partial charge in [0.15, 0.2) is 6.73 Å². The van der Waals surface area contributed by atoms with Gasteiger partial charge in [-0.05, 0) is 24.6 Å². The van der Waals surface area contributed by atoms with Crippen LogP contribution in [0.5, 0.6) is 0 Å². The molecule has 1 aromatic carbocycles. The van der Waals surface area contributed by atoms with E-state index in [0.717, 1.165) is 18.7 Å². The molecule has 2 rings (SSSR count). The minimum absolute atomic E-state index is 0.109. The summed E-state index contributed by atoms with van der Waals surface area (Å²) < 4.78 is 5.25. The molecule has 0 saturated heterocycles. The number of non-ortho nitro benzene ring substituents is 1. The lowest BCUT2D eigenvalue weighted by molar-refractivity contribution is -0.384. The molecule has 0 atom stereocenters. The zero-order valence-electron chi connectivity index (χ0n) is 8.70. The number of rotatable bonds is 2. The Morgan fingerprint density at radius 1 is 1.31 bits per heavy atom. The second-order valence-electron chi connectivity index (χ2n) is 3.49. The van der Waals surface area contributed by atoms with Crippen molar-refractivity contribution in [2.75, 3.05) is 18.2 Å². The van der Waals surface area contributed by atoms with Gasteiger partial charge in [-0.15, -0.1) is 0 Å². The highest BCUT2D eigenvalue weighted by Crippen LogP contribution is 2.20. The van der Waals surface area contributed by atoms with Crippen LogP contribution in [0, 0.1) is 10.1 Å². The van der Waals surface area contributed by atoms with Gasteiger partial charge >= 0.3 is 0 Å². The zero-order chi connectivity index (χ0) is 11.4. The van der Waals surface area contributed by atoms with Gasteiger partial charge in [-0.2, -0.15) is 0 Å². The van der Waals surface area contributed by atoms with E-state index in [9.17, 15) is 10.1 Å². The second-order valence-corrected chi connectivity index (χ2v) is 3.49. The normalized spacial score (nSPS) is 15.4. The summed E-state index contributed by atoms with van der Waals surface area (Å²) in [6.07, 6.45) is 4.56. The fraction of sp³-hybridized carbons (Fsp3) is 0.273. The van der Waals surface area contributed by atoms with Gasteiger partial charge in [-0.25, -0.2) is 0 Å². The molecule has 0 aliphatic carbocycles. The number of benzene rings is 1. The van der Waals surface area contributed by atoms with Gasteiger partial charge in [0.1, 0.15) is 0 Å². The van der Waals surface area contributed by atoms with Gasteiger partial charge in [-0.1, -0.05) is 0 Å². The number of anilines is 1. The topological polar surface area (TPSA) is 55.6 Å². The lowest BCUT2D eigenvalue weighted by Crippen LogP contribution is -2.24. The fourth-order valence-corrected chi connectivity index (χ4v) is 1.55. The van der Waals surface area contributed by atoms with Crippen molar-refractivity contribution in [1.82, 2.24) is 0 Å². The molecule has 0 spiro atoms. The van der Waals surface area contributed by atoms with E-state index in [-0.39, 0.29) is 5.69 Å². The Morgan fingerprint density at radius 3 is 2.75 bits per heavy atom. The summed E-state index contributed by atoms with van der Waals surface area (Å²) in [6, 6.07) is 6.50. The first-order valence-electron chi connectivity index (χ1n) is 5.03. The van der Waals surface area contributed by atoms with E-state index >= 15 is 0 Å². The van der Waals surface area contributed by atoms with Crippen LogP contribution < -0.4 is 4.90 Å². The number of nitrogens with zero attached hydrogens (tertiary/aromatic N) is 2. The third-order valence-corrected chi connectivity index (χ3v) is 2.41. The van der Waals surface area contributed by atoms with Crippen LogP contribution in [-0.2, 0) is 4.74 Å². The highest BCUT2D eigenvalue weighted by atomic mass is 16.6. The van der Waals surface area contributed by atoms with E-state index in [1.807, 2.05) is 11.0 Å². The standard InChI is InChI=1S/C11H12N2O3/c14-13(15)11-5-3-10(4-6-11)12-7-1-2-8-16-9-12/h2-6,8H,1,7,9H2. The molecule has 1 heterocycles. The number of ether oxygens (including phenoxy) is 1. The van der Waals surface area contributed by atoms with Gasteiger partial charge in [0.05, 0.1) is 11.2 Å². The Labute approximate surface area is 93.1 Å². The number of hydrogen-bond acceptors (Lipinski definition) is 4. The van der Waals surface area contributed by atoms with Gasteiger partial charge in [0.2, 0.25) is 0 Å². The van der Waals surface area contributed by atoms with Crippen LogP contribution in [0.25, 0.3) is 0 Å². The summed E-state index contributed by atoms with van der Waals surface area (Å²) in [5, 5.41) is 10.5. The van der Waals surface area contributed by atoms with Crippen LogP contribution in [0.4, 0.5) is 11.4 Å². The highest BCUT2D eigenvalue weighted by molar-refractivity contribution is 5.50. The van der Waals surface area contributed by atoms with Crippen LogP contribution in [0.3, 0.4) is 0 Å². The largest absolute Gasteiger partial charge is 0.481 e. The van der Waals surface area contributed by atoms with E-state index in [0.29, 0.717) is 6.73 Å². The predicted molar refractivity (Wildman–Crippen MR) is 60.2 cm³/mol. The Morgan fingerprint density at radius 2 is 2.06 bits per heavy atom. The van der Waals surface area contributed by atoms with Crippen molar-refractivity contribution >= 4 is 11.4 Å². The summed E-state index contributed by atoms with van der Waals surface area (Å²) >= 11 is 0. The van der Waals surface area contributed by atoms with Gasteiger partial charge < -0.3 is 9.64 Å². The van der Waals surface area contributed by atoms with Crippen LogP contribution in [0.2, 0.25) is 0 Å². The molecule has 0 aromatic heterocycles. The lowest BCUT2D eigenvalue weighted by Gasteiger charge is -2.21. The summed E-state index contributed by atoms with van der Waals surface area (Å²) in [4.78, 5) is 12.1. The molecule has 1 aromatic rings. The van der Waals surface area contributed by atoms with Crippen molar-refractivity contribution in [1.29, 1.82) is 0 Å². The molecule has 0 radical (unpaired) electrons. The maximum atomic E-state index is 10.5. The molecule has 5 nitrogen and oxygen atoms in total. The smallest absolute Gasteiger partial charge is 0.269 e. The zero-order valence-corrected chi connectivity index (χ0v) is 8.70. The third kappa shape index (κ3) is 2.31. The van der Waals surface area contributed by atoms with Gasteiger partial charge in [0.25, 0.3) is 5.69 Å². The number of nitro benzene ring substituents is 1. The Kier molecular flexibility index (Phi) is 3.05. The second kappa shape index (κ2) is 4.65. The molecule has 1 aliphatic heterocycles. The molecule has 0 fully saturated rings. The molecular formula is C11H12N2O3. The molecule has 0 bridgehead atoms. The monoisotopic (exact) mass is 220 g/mol. The van der Waals surface area contributed by atoms with Crippen molar-refractivity contribution in [3.8, 4) is 0 Å².